The molecule has 1 aromatic rings. The fourth-order valence-corrected chi connectivity index (χ4v) is 2.91. The van der Waals surface area contributed by atoms with Crippen LogP contribution in [0.1, 0.15) is 49.9 Å². The Morgan fingerprint density at radius 1 is 1.43 bits per heavy atom. The highest BCUT2D eigenvalue weighted by Crippen LogP contribution is 2.37. The van der Waals surface area contributed by atoms with Crippen molar-refractivity contribution in [3.63, 3.8) is 0 Å². The number of carbonyl (C=O) groups is 1. The molecule has 1 fully saturated rings. The topological polar surface area (TPSA) is 45.2 Å². The number of pyridine rings is 1. The first-order valence-corrected chi connectivity index (χ1v) is 7.45. The van der Waals surface area contributed by atoms with Crippen molar-refractivity contribution in [2.24, 2.45) is 5.41 Å². The van der Waals surface area contributed by atoms with Gasteiger partial charge in [0.1, 0.15) is 0 Å². The van der Waals surface area contributed by atoms with Crippen LogP contribution in [0.2, 0.25) is 0 Å². The zero-order valence-electron chi connectivity index (χ0n) is 13.2. The number of amides is 1. The molecule has 1 amide bonds. The second kappa shape index (κ2) is 6.00. The molecule has 0 aliphatic heterocycles. The number of aromatic nitrogens is 1. The average Bonchev–Trinajstić information content (AvgIpc) is 2.46. The van der Waals surface area contributed by atoms with Gasteiger partial charge in [0.2, 0.25) is 0 Å². The molecule has 4 nitrogen and oxygen atoms in total. The van der Waals surface area contributed by atoms with Crippen molar-refractivity contribution in [2.45, 2.75) is 45.6 Å². The van der Waals surface area contributed by atoms with Crippen molar-refractivity contribution in [2.75, 3.05) is 19.4 Å². The van der Waals surface area contributed by atoms with Crippen LogP contribution in [0.4, 0.5) is 10.2 Å². The normalized spacial score (nSPS) is 18.3. The van der Waals surface area contributed by atoms with E-state index in [0.717, 1.165) is 25.7 Å². The number of rotatable bonds is 3. The number of hydrogen-bond acceptors (Lipinski definition) is 3. The maximum absolute atomic E-state index is 14.2. The Morgan fingerprint density at radius 2 is 2.05 bits per heavy atom. The monoisotopic (exact) mass is 293 g/mol. The van der Waals surface area contributed by atoms with E-state index in [1.807, 2.05) is 0 Å². The molecule has 21 heavy (non-hydrogen) atoms. The number of halogens is 1. The Morgan fingerprint density at radius 3 is 2.62 bits per heavy atom. The van der Waals surface area contributed by atoms with Gasteiger partial charge in [0, 0.05) is 26.3 Å². The lowest BCUT2D eigenvalue weighted by atomic mass is 9.75. The van der Waals surface area contributed by atoms with Crippen LogP contribution < -0.4 is 5.32 Å². The fourth-order valence-electron chi connectivity index (χ4n) is 2.91. The Hall–Kier alpha value is -1.65. The smallest absolute Gasteiger partial charge is 0.257 e. The Balaban J connectivity index is 2.13. The Bertz CT molecular complexity index is 520. The second-order valence-corrected chi connectivity index (χ2v) is 6.58. The summed E-state index contributed by atoms with van der Waals surface area (Å²) < 4.78 is 14.2. The van der Waals surface area contributed by atoms with Crippen LogP contribution in [-0.4, -0.2) is 35.9 Å². The highest BCUT2D eigenvalue weighted by molar-refractivity contribution is 5.95. The minimum absolute atomic E-state index is 0.0849. The van der Waals surface area contributed by atoms with E-state index < -0.39 is 5.82 Å². The van der Waals surface area contributed by atoms with Gasteiger partial charge in [-0.2, -0.15) is 0 Å². The molecule has 0 bridgehead atoms. The average molecular weight is 293 g/mol. The van der Waals surface area contributed by atoms with Crippen LogP contribution in [0.25, 0.3) is 0 Å². The van der Waals surface area contributed by atoms with Gasteiger partial charge in [0.05, 0.1) is 5.56 Å². The summed E-state index contributed by atoms with van der Waals surface area (Å²) in [6, 6.07) is 1.64. The SMILES string of the molecule is CNc1nccc(C(=O)N(C)C2CCC(C)(C)CC2)c1F. The van der Waals surface area contributed by atoms with E-state index in [9.17, 15) is 9.18 Å². The van der Waals surface area contributed by atoms with Crippen LogP contribution in [0.3, 0.4) is 0 Å². The predicted octanol–water partition coefficient (Wildman–Crippen LogP) is 3.30. The molecule has 116 valence electrons. The third kappa shape index (κ3) is 3.34. The summed E-state index contributed by atoms with van der Waals surface area (Å²) in [6.07, 6.45) is 5.59. The molecule has 0 unspecified atom stereocenters. The van der Waals surface area contributed by atoms with Crippen LogP contribution in [0.5, 0.6) is 0 Å². The van der Waals surface area contributed by atoms with Gasteiger partial charge in [-0.15, -0.1) is 0 Å². The van der Waals surface area contributed by atoms with Crippen LogP contribution in [-0.2, 0) is 0 Å². The number of nitrogens with zero attached hydrogens (tertiary/aromatic N) is 2. The van der Waals surface area contributed by atoms with Crippen molar-refractivity contribution >= 4 is 11.7 Å². The first-order chi connectivity index (χ1) is 9.85. The first kappa shape index (κ1) is 15.7. The summed E-state index contributed by atoms with van der Waals surface area (Å²) >= 11 is 0. The number of carbonyl (C=O) groups excluding carboxylic acids is 1. The van der Waals surface area contributed by atoms with E-state index in [2.05, 4.69) is 24.1 Å². The summed E-state index contributed by atoms with van der Waals surface area (Å²) in [6.45, 7) is 4.51. The predicted molar refractivity (Wildman–Crippen MR) is 81.9 cm³/mol. The lowest BCUT2D eigenvalue weighted by Gasteiger charge is -2.38. The summed E-state index contributed by atoms with van der Waals surface area (Å²) in [7, 11) is 3.36. The maximum Gasteiger partial charge on any atom is 0.257 e. The molecule has 1 aliphatic carbocycles. The lowest BCUT2D eigenvalue weighted by Crippen LogP contribution is -2.41. The zero-order chi connectivity index (χ0) is 15.6. The van der Waals surface area contributed by atoms with Gasteiger partial charge in [-0.3, -0.25) is 4.79 Å². The molecule has 0 aromatic carbocycles. The minimum atomic E-state index is -0.576. The first-order valence-electron chi connectivity index (χ1n) is 7.45. The number of hydrogen-bond donors (Lipinski definition) is 1. The van der Waals surface area contributed by atoms with Crippen LogP contribution >= 0.6 is 0 Å². The Kier molecular flexibility index (Phi) is 4.49. The second-order valence-electron chi connectivity index (χ2n) is 6.58. The number of nitrogens with one attached hydrogen (secondary N) is 1. The van der Waals surface area contributed by atoms with Crippen LogP contribution in [0.15, 0.2) is 12.3 Å². The summed E-state index contributed by atoms with van der Waals surface area (Å²) in [5.74, 6) is -0.733. The third-order valence-corrected chi connectivity index (χ3v) is 4.53. The standard InChI is InChI=1S/C16H24FN3O/c1-16(2)8-5-11(6-9-16)20(4)15(21)12-7-10-19-14(18-3)13(12)17/h7,10-11H,5-6,8-9H2,1-4H3,(H,18,19). The molecule has 1 N–H and O–H groups in total. The summed E-state index contributed by atoms with van der Waals surface area (Å²) in [5.41, 5.74) is 0.434. The van der Waals surface area contributed by atoms with Crippen molar-refractivity contribution in [3.8, 4) is 0 Å². The molecule has 1 aliphatic rings. The molecule has 1 aromatic heterocycles. The molecule has 0 radical (unpaired) electrons. The molecular formula is C16H24FN3O. The molecule has 1 saturated carbocycles. The van der Waals surface area contributed by atoms with E-state index in [4.69, 9.17) is 0 Å². The quantitative estimate of drug-likeness (QED) is 0.930. The van der Waals surface area contributed by atoms with Crippen molar-refractivity contribution < 1.29 is 9.18 Å². The van der Waals surface area contributed by atoms with E-state index in [1.165, 1.54) is 12.3 Å². The summed E-state index contributed by atoms with van der Waals surface area (Å²) in [5, 5.41) is 2.66. The highest BCUT2D eigenvalue weighted by atomic mass is 19.1. The van der Waals surface area contributed by atoms with Gasteiger partial charge >= 0.3 is 0 Å². The minimum Gasteiger partial charge on any atom is -0.371 e. The van der Waals surface area contributed by atoms with Crippen molar-refractivity contribution in [1.29, 1.82) is 0 Å². The molecule has 0 saturated heterocycles. The van der Waals surface area contributed by atoms with E-state index in [-0.39, 0.29) is 23.3 Å². The molecule has 0 atom stereocenters. The van der Waals surface area contributed by atoms with E-state index in [1.54, 1.807) is 19.0 Å². The molecule has 1 heterocycles. The largest absolute Gasteiger partial charge is 0.371 e. The fraction of sp³-hybridized carbons (Fsp3) is 0.625. The van der Waals surface area contributed by atoms with Gasteiger partial charge in [-0.05, 0) is 37.2 Å². The van der Waals surface area contributed by atoms with E-state index in [0.29, 0.717) is 5.41 Å². The number of anilines is 1. The molecule has 2 rings (SSSR count). The third-order valence-electron chi connectivity index (χ3n) is 4.53. The van der Waals surface area contributed by atoms with E-state index >= 15 is 0 Å². The van der Waals surface area contributed by atoms with Gasteiger partial charge in [0.25, 0.3) is 5.91 Å². The van der Waals surface area contributed by atoms with Gasteiger partial charge in [-0.25, -0.2) is 9.37 Å². The maximum atomic E-state index is 14.2. The molecule has 0 spiro atoms. The highest BCUT2D eigenvalue weighted by Gasteiger charge is 2.31. The molecule has 5 heteroatoms. The molecular weight excluding hydrogens is 269 g/mol. The van der Waals surface area contributed by atoms with Gasteiger partial charge in [-0.1, -0.05) is 13.8 Å². The lowest BCUT2D eigenvalue weighted by molar-refractivity contribution is 0.0631. The zero-order valence-corrected chi connectivity index (χ0v) is 13.2. The van der Waals surface area contributed by atoms with Crippen molar-refractivity contribution in [3.05, 3.63) is 23.6 Å². The van der Waals surface area contributed by atoms with Crippen molar-refractivity contribution in [1.82, 2.24) is 9.88 Å². The Labute approximate surface area is 125 Å². The van der Waals surface area contributed by atoms with Gasteiger partial charge in [0.15, 0.2) is 11.6 Å². The van der Waals surface area contributed by atoms with Gasteiger partial charge < -0.3 is 10.2 Å². The summed E-state index contributed by atoms with van der Waals surface area (Å²) in [4.78, 5) is 18.1. The van der Waals surface area contributed by atoms with Crippen LogP contribution in [0, 0.1) is 11.2 Å².